The van der Waals surface area contributed by atoms with E-state index < -0.39 is 11.9 Å². The van der Waals surface area contributed by atoms with E-state index in [-0.39, 0.29) is 0 Å². The Morgan fingerprint density at radius 2 is 1.35 bits per heavy atom. The van der Waals surface area contributed by atoms with Crippen LogP contribution in [-0.2, 0) is 32.4 Å². The normalized spacial score (nSPS) is 12.4. The van der Waals surface area contributed by atoms with Gasteiger partial charge in [0.25, 0.3) is 0 Å². The standard InChI is InChI=1S/C28H24N2O4/c31-27(33-29-19-23-13-7-11-21-9-1-3-15-25(21)23)17-5-6-18-28(32)34-30-20-24-14-8-12-22-10-2-4-16-26(22)24/h1-18,29-30H,19-20H2/q+2/p+2/b17-5+,18-6+. The zero-order chi connectivity index (χ0) is 23.6. The van der Waals surface area contributed by atoms with Crippen molar-refractivity contribution in [3.05, 3.63) is 132 Å². The van der Waals surface area contributed by atoms with E-state index in [9.17, 15) is 9.59 Å². The van der Waals surface area contributed by atoms with E-state index in [1.807, 2.05) is 85.7 Å². The molecule has 0 saturated carbocycles. The number of hydrogen-bond donors (Lipinski definition) is 2. The number of fused-ring (bicyclic) bond motifs is 2. The maximum absolute atomic E-state index is 11.9. The van der Waals surface area contributed by atoms with Gasteiger partial charge in [-0.05, 0) is 10.8 Å². The van der Waals surface area contributed by atoms with Crippen molar-refractivity contribution < 1.29 is 30.2 Å². The monoisotopic (exact) mass is 454 g/mol. The molecule has 3 aromatic rings. The minimum Gasteiger partial charge on any atom is -0.275 e. The van der Waals surface area contributed by atoms with E-state index in [1.54, 1.807) is 0 Å². The second-order valence-corrected chi connectivity index (χ2v) is 7.61. The van der Waals surface area contributed by atoms with Crippen molar-refractivity contribution in [3.63, 3.8) is 0 Å². The van der Waals surface area contributed by atoms with Crippen LogP contribution in [0.15, 0.2) is 97.1 Å². The molecule has 4 N–H and O–H groups in total. The van der Waals surface area contributed by atoms with E-state index in [2.05, 4.69) is 0 Å². The van der Waals surface area contributed by atoms with Crippen LogP contribution in [0.2, 0.25) is 0 Å². The minimum absolute atomic E-state index is 0.510. The maximum Gasteiger partial charge on any atom is 0.390 e. The number of carbonyl (C=O) groups is 2. The molecule has 6 heteroatoms. The molecule has 0 saturated heterocycles. The molecule has 0 spiro atoms. The predicted molar refractivity (Wildman–Crippen MR) is 128 cm³/mol. The second-order valence-electron chi connectivity index (χ2n) is 7.61. The van der Waals surface area contributed by atoms with Crippen molar-refractivity contribution in [2.24, 2.45) is 0 Å². The number of hydroxylamine groups is 2. The Hall–Kier alpha value is -4.26. The molecule has 0 heterocycles. The van der Waals surface area contributed by atoms with Gasteiger partial charge in [-0.15, -0.1) is 5.48 Å². The largest absolute Gasteiger partial charge is 0.390 e. The minimum atomic E-state index is -0.513. The van der Waals surface area contributed by atoms with Crippen LogP contribution >= 0.6 is 0 Å². The lowest BCUT2D eigenvalue weighted by Gasteiger charge is -2.04. The van der Waals surface area contributed by atoms with Gasteiger partial charge in [0, 0.05) is 29.8 Å². The molecule has 1 aliphatic rings. The Balaban J connectivity index is 1.16. The lowest BCUT2D eigenvalue weighted by atomic mass is 9.92. The van der Waals surface area contributed by atoms with Gasteiger partial charge >= 0.3 is 11.9 Å². The molecule has 1 aliphatic carbocycles. The summed E-state index contributed by atoms with van der Waals surface area (Å²) in [6.07, 6.45) is 13.5. The Labute approximate surface area is 198 Å². The highest BCUT2D eigenvalue weighted by molar-refractivity contribution is 5.85. The van der Waals surface area contributed by atoms with Crippen LogP contribution in [0.5, 0.6) is 0 Å². The molecule has 34 heavy (non-hydrogen) atoms. The van der Waals surface area contributed by atoms with Crippen molar-refractivity contribution >= 4 is 22.7 Å². The first-order valence-corrected chi connectivity index (χ1v) is 11.0. The number of allylic oxidation sites excluding steroid dienone is 4. The van der Waals surface area contributed by atoms with Gasteiger partial charge in [-0.2, -0.15) is 5.48 Å². The van der Waals surface area contributed by atoms with Crippen LogP contribution in [0.1, 0.15) is 22.3 Å². The predicted octanol–water partition coefficient (Wildman–Crippen LogP) is 2.37. The first-order chi connectivity index (χ1) is 16.7. The molecule has 0 fully saturated rings. The number of benzene rings is 3. The molecule has 0 radical (unpaired) electrons. The lowest BCUT2D eigenvalue weighted by molar-refractivity contribution is -0.884. The summed E-state index contributed by atoms with van der Waals surface area (Å²) in [6.45, 7) is 1.02. The molecule has 0 aliphatic heterocycles. The van der Waals surface area contributed by atoms with Crippen molar-refractivity contribution in [1.29, 1.82) is 0 Å². The molecule has 168 valence electrons. The average molecular weight is 455 g/mol. The first-order valence-electron chi connectivity index (χ1n) is 11.0. The Morgan fingerprint density at radius 3 is 2.15 bits per heavy atom. The molecule has 0 atom stereocenters. The van der Waals surface area contributed by atoms with Crippen LogP contribution < -0.4 is 11.0 Å². The zero-order valence-corrected chi connectivity index (χ0v) is 18.6. The molecule has 0 bridgehead atoms. The molecule has 0 amide bonds. The van der Waals surface area contributed by atoms with E-state index in [0.29, 0.717) is 13.1 Å². The Morgan fingerprint density at radius 1 is 0.735 bits per heavy atom. The van der Waals surface area contributed by atoms with Gasteiger partial charge in [0.05, 0.1) is 18.2 Å². The fourth-order valence-corrected chi connectivity index (χ4v) is 3.71. The lowest BCUT2D eigenvalue weighted by Crippen LogP contribution is -2.82. The fourth-order valence-electron chi connectivity index (χ4n) is 3.71. The first kappa shape index (κ1) is 22.9. The van der Waals surface area contributed by atoms with Gasteiger partial charge in [-0.1, -0.05) is 54.6 Å². The third-order valence-corrected chi connectivity index (χ3v) is 5.34. The number of rotatable bonds is 9. The maximum atomic E-state index is 11.9. The van der Waals surface area contributed by atoms with Crippen LogP contribution in [-0.4, -0.2) is 11.9 Å². The van der Waals surface area contributed by atoms with Gasteiger partial charge < -0.3 is 0 Å². The number of quaternary nitrogens is 2. The van der Waals surface area contributed by atoms with Gasteiger partial charge in [0.2, 0.25) is 0 Å². The molecule has 0 unspecified atom stereocenters. The smallest absolute Gasteiger partial charge is 0.275 e. The van der Waals surface area contributed by atoms with Crippen molar-refractivity contribution in [2.75, 3.05) is 0 Å². The van der Waals surface area contributed by atoms with Gasteiger partial charge in [-0.25, -0.2) is 9.59 Å². The summed E-state index contributed by atoms with van der Waals surface area (Å²) >= 11 is 0. The molecule has 6 nitrogen and oxygen atoms in total. The fraction of sp³-hybridized carbons (Fsp3) is 0.0714. The third-order valence-electron chi connectivity index (χ3n) is 5.34. The van der Waals surface area contributed by atoms with Crippen LogP contribution in [0.4, 0.5) is 0 Å². The topological polar surface area (TPSA) is 85.8 Å². The highest BCUT2D eigenvalue weighted by atomic mass is 16.7. The average Bonchev–Trinajstić information content (AvgIpc) is 2.87. The molecule has 3 aromatic carbocycles. The summed E-state index contributed by atoms with van der Waals surface area (Å²) < 4.78 is 0. The van der Waals surface area contributed by atoms with Crippen LogP contribution in [0, 0.1) is 12.8 Å². The van der Waals surface area contributed by atoms with Crippen molar-refractivity contribution in [2.45, 2.75) is 13.1 Å². The van der Waals surface area contributed by atoms with Gasteiger partial charge in [0.15, 0.2) is 17.7 Å². The van der Waals surface area contributed by atoms with Gasteiger partial charge in [-0.3, -0.25) is 9.68 Å². The summed E-state index contributed by atoms with van der Waals surface area (Å²) in [6, 6.07) is 20.1. The summed E-state index contributed by atoms with van der Waals surface area (Å²) in [4.78, 5) is 34.1. The Bertz CT molecular complexity index is 1260. The van der Waals surface area contributed by atoms with E-state index in [0.717, 1.165) is 33.0 Å². The van der Waals surface area contributed by atoms with E-state index in [4.69, 9.17) is 9.68 Å². The SMILES string of the molecule is O=C(/C=C/C=C/C(=O)O[NH2+]Cc1cccc2ccccc12)O[NH2+]Cc1cccc2c1[CH+]C=C[CH+]2. The highest BCUT2D eigenvalue weighted by Crippen LogP contribution is 2.22. The zero-order valence-electron chi connectivity index (χ0n) is 18.6. The summed E-state index contributed by atoms with van der Waals surface area (Å²) in [5, 5.41) is 2.28. The molecular formula is C28H26N2O4+4. The number of carbonyl (C=O) groups excluding carboxylic acids is 2. The molecule has 0 aromatic heterocycles. The van der Waals surface area contributed by atoms with Crippen LogP contribution in [0.25, 0.3) is 10.8 Å². The van der Waals surface area contributed by atoms with E-state index in [1.165, 1.54) is 35.3 Å². The van der Waals surface area contributed by atoms with Crippen molar-refractivity contribution in [1.82, 2.24) is 0 Å². The summed E-state index contributed by atoms with van der Waals surface area (Å²) in [7, 11) is 0. The van der Waals surface area contributed by atoms with Crippen LogP contribution in [0.3, 0.4) is 0 Å². The second kappa shape index (κ2) is 11.6. The number of nitrogens with two attached hydrogens (primary N) is 2. The Kier molecular flexibility index (Phi) is 7.79. The quantitative estimate of drug-likeness (QED) is 0.225. The summed E-state index contributed by atoms with van der Waals surface area (Å²) in [5.74, 6) is -1.03. The molecule has 4 rings (SSSR count). The highest BCUT2D eigenvalue weighted by Gasteiger charge is 2.26. The van der Waals surface area contributed by atoms with E-state index >= 15 is 0 Å². The molecular weight excluding hydrogens is 428 g/mol. The van der Waals surface area contributed by atoms with Gasteiger partial charge in [0.1, 0.15) is 24.9 Å². The van der Waals surface area contributed by atoms with Crippen molar-refractivity contribution in [3.8, 4) is 0 Å². The number of hydrogen-bond acceptors (Lipinski definition) is 4. The third kappa shape index (κ3) is 6.16. The summed E-state index contributed by atoms with van der Waals surface area (Å²) in [5.41, 5.74) is 7.40.